The summed E-state index contributed by atoms with van der Waals surface area (Å²) in [6.45, 7) is 5.25. The van der Waals surface area contributed by atoms with Gasteiger partial charge in [0.1, 0.15) is 11.6 Å². The Kier molecular flexibility index (Phi) is 6.59. The van der Waals surface area contributed by atoms with Crippen molar-refractivity contribution in [3.05, 3.63) is 53.8 Å². The van der Waals surface area contributed by atoms with Crippen molar-refractivity contribution in [2.75, 3.05) is 57.8 Å². The van der Waals surface area contributed by atoms with Crippen molar-refractivity contribution in [2.24, 2.45) is 5.41 Å². The number of nitrogens with one attached hydrogen (secondary N) is 2. The van der Waals surface area contributed by atoms with Crippen LogP contribution in [0, 0.1) is 11.2 Å². The SMILES string of the molecule is COCC1C2Nc3cc(OC)ccc3C2C2(CCN(CNc3ccccc3F)CC2)CN1C(C)=O. The normalized spacial score (nSPS) is 25.0. The van der Waals surface area contributed by atoms with Crippen LogP contribution in [0.1, 0.15) is 31.2 Å². The lowest BCUT2D eigenvalue weighted by Crippen LogP contribution is -2.65. The van der Waals surface area contributed by atoms with Crippen LogP contribution in [0.25, 0.3) is 0 Å². The largest absolute Gasteiger partial charge is 0.497 e. The maximum atomic E-state index is 14.0. The number of fused-ring (bicyclic) bond motifs is 4. The van der Waals surface area contributed by atoms with Gasteiger partial charge in [-0.2, -0.15) is 0 Å². The monoisotopic (exact) mass is 482 g/mol. The molecule has 2 N–H and O–H groups in total. The van der Waals surface area contributed by atoms with Crippen LogP contribution in [0.3, 0.4) is 0 Å². The number of piperidine rings is 2. The molecule has 7 nitrogen and oxygen atoms in total. The van der Waals surface area contributed by atoms with E-state index < -0.39 is 0 Å². The number of para-hydroxylation sites is 1. The van der Waals surface area contributed by atoms with Crippen LogP contribution in [0.2, 0.25) is 0 Å². The van der Waals surface area contributed by atoms with E-state index in [-0.39, 0.29) is 35.1 Å². The van der Waals surface area contributed by atoms with Gasteiger partial charge in [-0.05, 0) is 42.0 Å². The first kappa shape index (κ1) is 23.9. The topological polar surface area (TPSA) is 66.1 Å². The third-order valence-electron chi connectivity index (χ3n) is 8.20. The smallest absolute Gasteiger partial charge is 0.219 e. The quantitative estimate of drug-likeness (QED) is 0.654. The van der Waals surface area contributed by atoms with E-state index in [1.807, 2.05) is 17.0 Å². The van der Waals surface area contributed by atoms with Gasteiger partial charge in [-0.15, -0.1) is 0 Å². The Bertz CT molecular complexity index is 1070. The molecule has 0 aromatic heterocycles. The van der Waals surface area contributed by atoms with E-state index in [0.717, 1.165) is 43.9 Å². The molecule has 5 rings (SSSR count). The zero-order valence-electron chi connectivity index (χ0n) is 20.7. The second-order valence-corrected chi connectivity index (χ2v) is 10.1. The summed E-state index contributed by atoms with van der Waals surface area (Å²) in [5, 5.41) is 6.99. The molecule has 3 aliphatic rings. The third-order valence-corrected chi connectivity index (χ3v) is 8.20. The second kappa shape index (κ2) is 9.66. The van der Waals surface area contributed by atoms with Crippen LogP contribution < -0.4 is 15.4 Å². The average molecular weight is 483 g/mol. The van der Waals surface area contributed by atoms with E-state index in [1.165, 1.54) is 11.6 Å². The highest BCUT2D eigenvalue weighted by molar-refractivity contribution is 5.75. The molecule has 0 aliphatic carbocycles. The summed E-state index contributed by atoms with van der Waals surface area (Å²) in [5.74, 6) is 0.954. The first-order chi connectivity index (χ1) is 17.0. The molecule has 188 valence electrons. The number of carbonyl (C=O) groups excluding carboxylic acids is 1. The molecule has 2 fully saturated rings. The van der Waals surface area contributed by atoms with Crippen LogP contribution >= 0.6 is 0 Å². The first-order valence-corrected chi connectivity index (χ1v) is 12.4. The molecule has 2 aromatic rings. The van der Waals surface area contributed by atoms with Gasteiger partial charge in [-0.1, -0.05) is 18.2 Å². The lowest BCUT2D eigenvalue weighted by atomic mass is 9.60. The summed E-state index contributed by atoms with van der Waals surface area (Å²) in [6, 6.07) is 13.1. The zero-order valence-corrected chi connectivity index (χ0v) is 20.7. The Morgan fingerprint density at radius 3 is 2.66 bits per heavy atom. The predicted octanol–water partition coefficient (Wildman–Crippen LogP) is 3.74. The maximum absolute atomic E-state index is 14.0. The number of halogens is 1. The molecule has 3 aliphatic heterocycles. The van der Waals surface area contributed by atoms with Gasteiger partial charge >= 0.3 is 0 Å². The fourth-order valence-electron chi connectivity index (χ4n) is 6.43. The van der Waals surface area contributed by atoms with E-state index in [2.05, 4.69) is 27.7 Å². The van der Waals surface area contributed by atoms with Crippen LogP contribution in [-0.4, -0.2) is 74.9 Å². The van der Waals surface area contributed by atoms with Gasteiger partial charge < -0.3 is 25.0 Å². The van der Waals surface area contributed by atoms with Gasteiger partial charge in [0.05, 0.1) is 38.2 Å². The minimum atomic E-state index is -0.235. The van der Waals surface area contributed by atoms with Crippen LogP contribution in [0.4, 0.5) is 15.8 Å². The molecule has 2 aromatic carbocycles. The van der Waals surface area contributed by atoms with Crippen LogP contribution in [0.5, 0.6) is 5.75 Å². The molecule has 0 bridgehead atoms. The molecule has 0 saturated carbocycles. The summed E-state index contributed by atoms with van der Waals surface area (Å²) in [5.41, 5.74) is 2.88. The fourth-order valence-corrected chi connectivity index (χ4v) is 6.43. The number of benzene rings is 2. The second-order valence-electron chi connectivity index (χ2n) is 10.1. The summed E-state index contributed by atoms with van der Waals surface area (Å²) in [7, 11) is 3.38. The molecule has 3 unspecified atom stereocenters. The van der Waals surface area contributed by atoms with Gasteiger partial charge in [0.2, 0.25) is 5.91 Å². The zero-order chi connectivity index (χ0) is 24.6. The third kappa shape index (κ3) is 4.34. The Labute approximate surface area is 206 Å². The summed E-state index contributed by atoms with van der Waals surface area (Å²) >= 11 is 0. The van der Waals surface area contributed by atoms with Crippen molar-refractivity contribution >= 4 is 17.3 Å². The molecular formula is C27H35FN4O3. The highest BCUT2D eigenvalue weighted by Gasteiger charge is 2.57. The molecule has 3 atom stereocenters. The number of hydrogen-bond donors (Lipinski definition) is 2. The Balaban J connectivity index is 1.39. The van der Waals surface area contributed by atoms with Crippen LogP contribution in [-0.2, 0) is 9.53 Å². The first-order valence-electron chi connectivity index (χ1n) is 12.4. The molecule has 0 radical (unpaired) electrons. The Hall–Kier alpha value is -2.84. The van der Waals surface area contributed by atoms with Gasteiger partial charge in [0.25, 0.3) is 0 Å². The van der Waals surface area contributed by atoms with Gasteiger partial charge in [-0.25, -0.2) is 4.39 Å². The van der Waals surface area contributed by atoms with Crippen molar-refractivity contribution in [1.82, 2.24) is 9.80 Å². The molecule has 35 heavy (non-hydrogen) atoms. The summed E-state index contributed by atoms with van der Waals surface area (Å²) in [4.78, 5) is 17.2. The number of rotatable bonds is 6. The highest BCUT2D eigenvalue weighted by atomic mass is 19.1. The highest BCUT2D eigenvalue weighted by Crippen LogP contribution is 2.56. The number of hydrogen-bond acceptors (Lipinski definition) is 6. The minimum absolute atomic E-state index is 0.0349. The van der Waals surface area contributed by atoms with E-state index in [0.29, 0.717) is 19.0 Å². The van der Waals surface area contributed by atoms with Gasteiger partial charge in [0.15, 0.2) is 0 Å². The fraction of sp³-hybridized carbons (Fsp3) is 0.519. The average Bonchev–Trinajstić information content (AvgIpc) is 3.26. The van der Waals surface area contributed by atoms with Crippen molar-refractivity contribution < 1.29 is 18.7 Å². The molecule has 2 saturated heterocycles. The van der Waals surface area contributed by atoms with Crippen molar-refractivity contribution in [1.29, 1.82) is 0 Å². The lowest BCUT2D eigenvalue weighted by Gasteiger charge is -2.56. The Morgan fingerprint density at radius 1 is 1.20 bits per heavy atom. The van der Waals surface area contributed by atoms with Crippen molar-refractivity contribution in [3.8, 4) is 5.75 Å². The van der Waals surface area contributed by atoms with Gasteiger partial charge in [0, 0.05) is 51.3 Å². The maximum Gasteiger partial charge on any atom is 0.219 e. The summed E-state index contributed by atoms with van der Waals surface area (Å²) < 4.78 is 25.1. The number of carbonyl (C=O) groups is 1. The summed E-state index contributed by atoms with van der Waals surface area (Å²) in [6.07, 6.45) is 1.92. The number of anilines is 2. The molecule has 1 spiro atoms. The van der Waals surface area contributed by atoms with E-state index >= 15 is 0 Å². The van der Waals surface area contributed by atoms with E-state index in [1.54, 1.807) is 33.3 Å². The minimum Gasteiger partial charge on any atom is -0.497 e. The van der Waals surface area contributed by atoms with Gasteiger partial charge in [-0.3, -0.25) is 9.69 Å². The number of amides is 1. The number of methoxy groups -OCH3 is 2. The predicted molar refractivity (Wildman–Crippen MR) is 134 cm³/mol. The molecule has 1 amide bonds. The molecule has 8 heteroatoms. The lowest BCUT2D eigenvalue weighted by molar-refractivity contribution is -0.141. The standard InChI is InChI=1S/C27H35FN4O3/c1-18(33)32-16-27(10-12-31(13-11-27)17-29-22-7-5-4-6-21(22)28)25-20-9-8-19(35-3)14-23(20)30-26(25)24(32)15-34-2/h4-9,14,24-26,29-30H,10-13,15-17H2,1-3H3. The number of ether oxygens (including phenoxy) is 2. The molecular weight excluding hydrogens is 447 g/mol. The van der Waals surface area contributed by atoms with Crippen molar-refractivity contribution in [2.45, 2.75) is 37.8 Å². The van der Waals surface area contributed by atoms with Crippen LogP contribution in [0.15, 0.2) is 42.5 Å². The number of nitrogens with zero attached hydrogens (tertiary/aromatic N) is 2. The van der Waals surface area contributed by atoms with E-state index in [4.69, 9.17) is 9.47 Å². The number of likely N-dealkylation sites (tertiary alicyclic amines) is 2. The Morgan fingerprint density at radius 2 is 1.97 bits per heavy atom. The van der Waals surface area contributed by atoms with Crippen molar-refractivity contribution in [3.63, 3.8) is 0 Å². The van der Waals surface area contributed by atoms with E-state index in [9.17, 15) is 9.18 Å². The molecule has 3 heterocycles.